The summed E-state index contributed by atoms with van der Waals surface area (Å²) >= 11 is 0. The maximum absolute atomic E-state index is 13.8. The van der Waals surface area contributed by atoms with Gasteiger partial charge >= 0.3 is 0 Å². The summed E-state index contributed by atoms with van der Waals surface area (Å²) in [5.74, 6) is 0.225. The molecule has 17 heavy (non-hydrogen) atoms. The van der Waals surface area contributed by atoms with Crippen LogP contribution in [-0.4, -0.2) is 16.0 Å². The van der Waals surface area contributed by atoms with Gasteiger partial charge in [-0.15, -0.1) is 0 Å². The first-order chi connectivity index (χ1) is 8.09. The van der Waals surface area contributed by atoms with E-state index in [1.54, 1.807) is 6.07 Å². The summed E-state index contributed by atoms with van der Waals surface area (Å²) < 4.78 is 25.8. The fourth-order valence-corrected chi connectivity index (χ4v) is 3.68. The Morgan fingerprint density at radius 1 is 1.47 bits per heavy atom. The van der Waals surface area contributed by atoms with Gasteiger partial charge in [-0.25, -0.2) is 4.39 Å². The van der Waals surface area contributed by atoms with E-state index >= 15 is 0 Å². The molecular formula is C13H18FNOS. The fourth-order valence-electron chi connectivity index (χ4n) is 2.29. The van der Waals surface area contributed by atoms with Crippen molar-refractivity contribution in [2.45, 2.75) is 43.7 Å². The molecule has 0 radical (unpaired) electrons. The molecule has 0 spiro atoms. The molecule has 1 aromatic carbocycles. The zero-order chi connectivity index (χ0) is 12.4. The summed E-state index contributed by atoms with van der Waals surface area (Å²) in [5.41, 5.74) is 0.870. The van der Waals surface area contributed by atoms with E-state index in [1.807, 2.05) is 6.07 Å². The first-order valence-electron chi connectivity index (χ1n) is 6.02. The highest BCUT2D eigenvalue weighted by Crippen LogP contribution is 2.31. The van der Waals surface area contributed by atoms with Crippen LogP contribution in [0.5, 0.6) is 0 Å². The van der Waals surface area contributed by atoms with E-state index in [-0.39, 0.29) is 11.9 Å². The van der Waals surface area contributed by atoms with Crippen LogP contribution >= 0.6 is 0 Å². The molecule has 0 aromatic heterocycles. The summed E-state index contributed by atoms with van der Waals surface area (Å²) in [4.78, 5) is 0.406. The summed E-state index contributed by atoms with van der Waals surface area (Å²) in [6.07, 6.45) is 1.78. The standard InChI is InChI=1S/C13H18FNOS/c1-9(2)15-12-7-4-8-17(16)13-10(12)5-3-6-11(13)14/h3,5-6,9,12,15H,4,7-8H2,1-2H3. The average molecular weight is 255 g/mol. The van der Waals surface area contributed by atoms with Crippen LogP contribution < -0.4 is 5.32 Å². The van der Waals surface area contributed by atoms with Gasteiger partial charge in [-0.3, -0.25) is 4.21 Å². The van der Waals surface area contributed by atoms with Gasteiger partial charge in [0.2, 0.25) is 0 Å². The normalized spacial score (nSPS) is 24.5. The minimum absolute atomic E-state index is 0.118. The van der Waals surface area contributed by atoms with E-state index in [2.05, 4.69) is 19.2 Å². The SMILES string of the molecule is CC(C)NC1CCCS(=O)c2c(F)cccc21. The van der Waals surface area contributed by atoms with Crippen LogP contribution in [0.4, 0.5) is 4.39 Å². The monoisotopic (exact) mass is 255 g/mol. The van der Waals surface area contributed by atoms with Gasteiger partial charge in [0.25, 0.3) is 0 Å². The van der Waals surface area contributed by atoms with Crippen molar-refractivity contribution in [2.75, 3.05) is 5.75 Å². The van der Waals surface area contributed by atoms with Crippen molar-refractivity contribution in [1.29, 1.82) is 0 Å². The Labute approximate surface area is 104 Å². The van der Waals surface area contributed by atoms with Crippen LogP contribution in [-0.2, 0) is 10.8 Å². The highest BCUT2D eigenvalue weighted by atomic mass is 32.2. The van der Waals surface area contributed by atoms with Crippen LogP contribution in [0.1, 0.15) is 38.3 Å². The Kier molecular flexibility index (Phi) is 3.94. The maximum atomic E-state index is 13.8. The summed E-state index contributed by atoms with van der Waals surface area (Å²) in [5, 5.41) is 3.42. The van der Waals surface area contributed by atoms with E-state index < -0.39 is 10.8 Å². The second-order valence-electron chi connectivity index (χ2n) is 4.72. The summed E-state index contributed by atoms with van der Waals surface area (Å²) in [7, 11) is -1.19. The predicted molar refractivity (Wildman–Crippen MR) is 67.9 cm³/mol. The molecule has 1 heterocycles. The zero-order valence-corrected chi connectivity index (χ0v) is 11.0. The highest BCUT2D eigenvalue weighted by Gasteiger charge is 2.25. The van der Waals surface area contributed by atoms with E-state index in [9.17, 15) is 8.60 Å². The number of hydrogen-bond donors (Lipinski definition) is 1. The van der Waals surface area contributed by atoms with Gasteiger partial charge in [-0.05, 0) is 24.5 Å². The summed E-state index contributed by atoms with van der Waals surface area (Å²) in [6.45, 7) is 4.14. The Morgan fingerprint density at radius 2 is 2.24 bits per heavy atom. The van der Waals surface area contributed by atoms with Crippen molar-refractivity contribution >= 4 is 10.8 Å². The number of nitrogens with one attached hydrogen (secondary N) is 1. The van der Waals surface area contributed by atoms with Crippen LogP contribution in [0.3, 0.4) is 0 Å². The van der Waals surface area contributed by atoms with Gasteiger partial charge in [-0.1, -0.05) is 26.0 Å². The van der Waals surface area contributed by atoms with E-state index in [1.165, 1.54) is 6.07 Å². The number of fused-ring (bicyclic) bond motifs is 1. The Balaban J connectivity index is 2.44. The smallest absolute Gasteiger partial charge is 0.139 e. The van der Waals surface area contributed by atoms with Crippen LogP contribution in [0.15, 0.2) is 23.1 Å². The Hall–Kier alpha value is -0.740. The average Bonchev–Trinajstić information content (AvgIpc) is 2.40. The summed E-state index contributed by atoms with van der Waals surface area (Å²) in [6, 6.07) is 5.44. The fraction of sp³-hybridized carbons (Fsp3) is 0.538. The van der Waals surface area contributed by atoms with Gasteiger partial charge in [0.05, 0.1) is 15.7 Å². The quantitative estimate of drug-likeness (QED) is 0.880. The van der Waals surface area contributed by atoms with Gasteiger partial charge in [0.15, 0.2) is 0 Å². The minimum atomic E-state index is -1.19. The molecule has 0 saturated heterocycles. The first kappa shape index (κ1) is 12.7. The second kappa shape index (κ2) is 5.27. The topological polar surface area (TPSA) is 29.1 Å². The molecule has 2 nitrogen and oxygen atoms in total. The van der Waals surface area contributed by atoms with Gasteiger partial charge in [0, 0.05) is 17.8 Å². The minimum Gasteiger partial charge on any atom is -0.308 e. The van der Waals surface area contributed by atoms with Crippen molar-refractivity contribution in [3.8, 4) is 0 Å². The van der Waals surface area contributed by atoms with E-state index in [0.29, 0.717) is 16.7 Å². The van der Waals surface area contributed by atoms with Crippen molar-refractivity contribution in [1.82, 2.24) is 5.32 Å². The zero-order valence-electron chi connectivity index (χ0n) is 10.2. The third kappa shape index (κ3) is 2.75. The van der Waals surface area contributed by atoms with E-state index in [0.717, 1.165) is 18.4 Å². The molecule has 0 aliphatic carbocycles. The molecule has 2 rings (SSSR count). The van der Waals surface area contributed by atoms with Gasteiger partial charge in [-0.2, -0.15) is 0 Å². The molecule has 2 unspecified atom stereocenters. The lowest BCUT2D eigenvalue weighted by molar-refractivity contribution is 0.443. The lowest BCUT2D eigenvalue weighted by Crippen LogP contribution is -2.28. The molecule has 1 aliphatic heterocycles. The van der Waals surface area contributed by atoms with Gasteiger partial charge in [0.1, 0.15) is 5.82 Å². The molecule has 0 amide bonds. The van der Waals surface area contributed by atoms with Crippen molar-refractivity contribution in [3.63, 3.8) is 0 Å². The number of benzene rings is 1. The maximum Gasteiger partial charge on any atom is 0.139 e. The number of hydrogen-bond acceptors (Lipinski definition) is 2. The third-order valence-corrected chi connectivity index (χ3v) is 4.50. The Morgan fingerprint density at radius 3 is 2.94 bits per heavy atom. The lowest BCUT2D eigenvalue weighted by Gasteiger charge is -2.21. The predicted octanol–water partition coefficient (Wildman–Crippen LogP) is 2.77. The van der Waals surface area contributed by atoms with Gasteiger partial charge < -0.3 is 5.32 Å². The lowest BCUT2D eigenvalue weighted by atomic mass is 10.0. The Bertz CT molecular complexity index is 433. The molecule has 1 N–H and O–H groups in total. The molecule has 0 bridgehead atoms. The molecule has 1 aromatic rings. The van der Waals surface area contributed by atoms with Crippen molar-refractivity contribution < 1.29 is 8.60 Å². The number of rotatable bonds is 2. The molecule has 4 heteroatoms. The highest BCUT2D eigenvalue weighted by molar-refractivity contribution is 7.85. The number of halogens is 1. The van der Waals surface area contributed by atoms with Crippen molar-refractivity contribution in [3.05, 3.63) is 29.6 Å². The molecule has 0 saturated carbocycles. The second-order valence-corrected chi connectivity index (χ2v) is 6.23. The van der Waals surface area contributed by atoms with Crippen LogP contribution in [0.25, 0.3) is 0 Å². The molecular weight excluding hydrogens is 237 g/mol. The first-order valence-corrected chi connectivity index (χ1v) is 7.34. The van der Waals surface area contributed by atoms with E-state index in [4.69, 9.17) is 0 Å². The van der Waals surface area contributed by atoms with Crippen molar-refractivity contribution in [2.24, 2.45) is 0 Å². The largest absolute Gasteiger partial charge is 0.308 e. The molecule has 94 valence electrons. The van der Waals surface area contributed by atoms with Crippen LogP contribution in [0.2, 0.25) is 0 Å². The third-order valence-electron chi connectivity index (χ3n) is 2.96. The molecule has 1 aliphatic rings. The molecule has 2 atom stereocenters. The van der Waals surface area contributed by atoms with Crippen LogP contribution in [0, 0.1) is 5.82 Å². The molecule has 0 fully saturated rings.